The molecule has 1 heterocycles. The van der Waals surface area contributed by atoms with Gasteiger partial charge in [-0.15, -0.1) is 0 Å². The molecule has 2 N–H and O–H groups in total. The van der Waals surface area contributed by atoms with Crippen molar-refractivity contribution in [3.8, 4) is 0 Å². The van der Waals surface area contributed by atoms with E-state index in [1.807, 2.05) is 18.2 Å². The van der Waals surface area contributed by atoms with E-state index in [0.717, 1.165) is 41.3 Å². The van der Waals surface area contributed by atoms with Gasteiger partial charge < -0.3 is 10.3 Å². The largest absolute Gasteiger partial charge is 0.327 e. The lowest BCUT2D eigenvalue weighted by Crippen LogP contribution is -2.18. The summed E-state index contributed by atoms with van der Waals surface area (Å²) in [6.45, 7) is 7.46. The monoisotopic (exact) mass is 279 g/mol. The Bertz CT molecular complexity index is 560. The van der Waals surface area contributed by atoms with E-state index in [9.17, 15) is 0 Å². The van der Waals surface area contributed by atoms with Crippen molar-refractivity contribution in [2.45, 2.75) is 46.2 Å². The third kappa shape index (κ3) is 3.10. The van der Waals surface area contributed by atoms with Crippen LogP contribution in [0.5, 0.6) is 0 Å². The van der Waals surface area contributed by atoms with Gasteiger partial charge in [-0.3, -0.25) is 0 Å². The first-order chi connectivity index (χ1) is 9.02. The summed E-state index contributed by atoms with van der Waals surface area (Å²) < 4.78 is 2.22. The van der Waals surface area contributed by atoms with Crippen LogP contribution in [0.3, 0.4) is 0 Å². The fraction of sp³-hybridized carbons (Fsp3) is 0.533. The van der Waals surface area contributed by atoms with Crippen LogP contribution < -0.4 is 5.73 Å². The number of aryl methyl sites for hydroxylation is 1. The number of rotatable bonds is 5. The van der Waals surface area contributed by atoms with Gasteiger partial charge in [0, 0.05) is 11.6 Å². The number of nitrogens with two attached hydrogens (primary N) is 1. The van der Waals surface area contributed by atoms with Gasteiger partial charge in [0.05, 0.1) is 17.1 Å². The van der Waals surface area contributed by atoms with Crippen molar-refractivity contribution in [1.82, 2.24) is 9.55 Å². The maximum absolute atomic E-state index is 6.31. The lowest BCUT2D eigenvalue weighted by atomic mass is 10.0. The van der Waals surface area contributed by atoms with E-state index >= 15 is 0 Å². The Balaban J connectivity index is 2.49. The van der Waals surface area contributed by atoms with Crippen molar-refractivity contribution in [1.29, 1.82) is 0 Å². The third-order valence-corrected chi connectivity index (χ3v) is 3.48. The second kappa shape index (κ2) is 5.93. The molecule has 2 aromatic rings. The summed E-state index contributed by atoms with van der Waals surface area (Å²) in [7, 11) is 0. The molecule has 0 fully saturated rings. The molecule has 104 valence electrons. The van der Waals surface area contributed by atoms with Gasteiger partial charge >= 0.3 is 0 Å². The summed E-state index contributed by atoms with van der Waals surface area (Å²) in [6, 6.07) is 5.81. The van der Waals surface area contributed by atoms with Crippen LogP contribution in [0.1, 0.15) is 45.5 Å². The average Bonchev–Trinajstić information content (AvgIpc) is 2.67. The quantitative estimate of drug-likeness (QED) is 0.894. The number of fused-ring (bicyclic) bond motifs is 1. The van der Waals surface area contributed by atoms with Gasteiger partial charge in [0.2, 0.25) is 0 Å². The maximum atomic E-state index is 6.31. The molecule has 0 bridgehead atoms. The minimum absolute atomic E-state index is 0.0160. The van der Waals surface area contributed by atoms with Gasteiger partial charge in [-0.1, -0.05) is 32.4 Å². The molecule has 1 atom stereocenters. The molecule has 0 saturated carbocycles. The van der Waals surface area contributed by atoms with Crippen LogP contribution in [0, 0.1) is 5.92 Å². The van der Waals surface area contributed by atoms with Crippen molar-refractivity contribution in [3.63, 3.8) is 0 Å². The van der Waals surface area contributed by atoms with Crippen LogP contribution in [-0.4, -0.2) is 9.55 Å². The fourth-order valence-electron chi connectivity index (χ4n) is 2.47. The van der Waals surface area contributed by atoms with Gasteiger partial charge in [-0.25, -0.2) is 4.98 Å². The second-order valence-electron chi connectivity index (χ2n) is 5.49. The summed E-state index contributed by atoms with van der Waals surface area (Å²) in [5, 5.41) is 0.744. The van der Waals surface area contributed by atoms with Crippen molar-refractivity contribution in [3.05, 3.63) is 29.0 Å². The molecule has 1 aromatic carbocycles. The Hall–Kier alpha value is -1.06. The minimum Gasteiger partial charge on any atom is -0.327 e. The average molecular weight is 280 g/mol. The van der Waals surface area contributed by atoms with Crippen LogP contribution in [-0.2, 0) is 6.54 Å². The Morgan fingerprint density at radius 3 is 2.74 bits per heavy atom. The lowest BCUT2D eigenvalue weighted by molar-refractivity contribution is 0.475. The highest BCUT2D eigenvalue weighted by Gasteiger charge is 2.17. The predicted molar refractivity (Wildman–Crippen MR) is 81.4 cm³/mol. The molecular weight excluding hydrogens is 258 g/mol. The zero-order chi connectivity index (χ0) is 14.0. The van der Waals surface area contributed by atoms with E-state index in [1.54, 1.807) is 0 Å². The molecule has 1 unspecified atom stereocenters. The molecule has 0 radical (unpaired) electrons. The van der Waals surface area contributed by atoms with Gasteiger partial charge in [-0.2, -0.15) is 0 Å². The lowest BCUT2D eigenvalue weighted by Gasteiger charge is -2.16. The highest BCUT2D eigenvalue weighted by atomic mass is 35.5. The maximum Gasteiger partial charge on any atom is 0.126 e. The van der Waals surface area contributed by atoms with Crippen molar-refractivity contribution in [2.24, 2.45) is 11.7 Å². The number of nitrogens with zero attached hydrogens (tertiary/aromatic N) is 2. The number of hydrogen-bond donors (Lipinski definition) is 1. The molecule has 3 nitrogen and oxygen atoms in total. The van der Waals surface area contributed by atoms with Crippen molar-refractivity contribution >= 4 is 22.6 Å². The van der Waals surface area contributed by atoms with Crippen LogP contribution >= 0.6 is 11.6 Å². The minimum atomic E-state index is -0.0160. The number of hydrogen-bond acceptors (Lipinski definition) is 2. The first-order valence-electron chi connectivity index (χ1n) is 6.94. The summed E-state index contributed by atoms with van der Waals surface area (Å²) in [5.41, 5.74) is 8.38. The first kappa shape index (κ1) is 14.4. The van der Waals surface area contributed by atoms with Crippen molar-refractivity contribution in [2.75, 3.05) is 0 Å². The fourth-order valence-corrected chi connectivity index (χ4v) is 2.64. The molecule has 0 spiro atoms. The highest BCUT2D eigenvalue weighted by molar-refractivity contribution is 6.31. The van der Waals surface area contributed by atoms with E-state index in [0.29, 0.717) is 5.92 Å². The number of aromatic nitrogens is 2. The molecule has 0 aliphatic rings. The summed E-state index contributed by atoms with van der Waals surface area (Å²) in [4.78, 5) is 4.70. The number of halogens is 1. The molecular formula is C15H22ClN3. The zero-order valence-electron chi connectivity index (χ0n) is 11.9. The summed E-state index contributed by atoms with van der Waals surface area (Å²) >= 11 is 6.09. The second-order valence-corrected chi connectivity index (χ2v) is 5.93. The molecule has 4 heteroatoms. The molecule has 19 heavy (non-hydrogen) atoms. The van der Waals surface area contributed by atoms with Crippen LogP contribution in [0.4, 0.5) is 0 Å². The van der Waals surface area contributed by atoms with E-state index in [2.05, 4.69) is 25.3 Å². The Morgan fingerprint density at radius 2 is 2.11 bits per heavy atom. The number of imidazole rings is 1. The van der Waals surface area contributed by atoms with E-state index < -0.39 is 0 Å². The molecule has 0 aliphatic heterocycles. The topological polar surface area (TPSA) is 43.8 Å². The molecule has 0 aliphatic carbocycles. The first-order valence-corrected chi connectivity index (χ1v) is 7.32. The van der Waals surface area contributed by atoms with Crippen LogP contribution in [0.25, 0.3) is 11.0 Å². The Labute approximate surface area is 119 Å². The zero-order valence-corrected chi connectivity index (χ0v) is 12.6. The smallest absolute Gasteiger partial charge is 0.126 e. The SMILES string of the molecule is CCCn1c(C(N)CC(C)C)nc2ccc(Cl)cc21. The van der Waals surface area contributed by atoms with Crippen LogP contribution in [0.15, 0.2) is 18.2 Å². The molecule has 1 aromatic heterocycles. The van der Waals surface area contributed by atoms with Crippen LogP contribution in [0.2, 0.25) is 5.02 Å². The highest BCUT2D eigenvalue weighted by Crippen LogP contribution is 2.26. The summed E-state index contributed by atoms with van der Waals surface area (Å²) in [5.74, 6) is 1.54. The van der Waals surface area contributed by atoms with E-state index in [-0.39, 0.29) is 6.04 Å². The van der Waals surface area contributed by atoms with Crippen molar-refractivity contribution < 1.29 is 0 Å². The molecule has 0 saturated heterocycles. The summed E-state index contributed by atoms with van der Waals surface area (Å²) in [6.07, 6.45) is 2.00. The Morgan fingerprint density at radius 1 is 1.37 bits per heavy atom. The van der Waals surface area contributed by atoms with Gasteiger partial charge in [0.25, 0.3) is 0 Å². The van der Waals surface area contributed by atoms with Gasteiger partial charge in [0.1, 0.15) is 5.82 Å². The van der Waals surface area contributed by atoms with E-state index in [4.69, 9.17) is 22.3 Å². The molecule has 2 rings (SSSR count). The van der Waals surface area contributed by atoms with E-state index in [1.165, 1.54) is 0 Å². The predicted octanol–water partition coefficient (Wildman–Crippen LogP) is 4.15. The third-order valence-electron chi connectivity index (χ3n) is 3.24. The van der Waals surface area contributed by atoms with Gasteiger partial charge in [-0.05, 0) is 37.0 Å². The normalized spacial score (nSPS) is 13.4. The Kier molecular flexibility index (Phi) is 4.48. The standard InChI is InChI=1S/C15H22ClN3/c1-4-7-19-14-9-11(16)5-6-13(14)18-15(19)12(17)8-10(2)3/h5-6,9-10,12H,4,7-8,17H2,1-3H3. The van der Waals surface area contributed by atoms with Gasteiger partial charge in [0.15, 0.2) is 0 Å². The molecule has 0 amide bonds. The number of benzene rings is 1.